The van der Waals surface area contributed by atoms with Gasteiger partial charge in [-0.05, 0) is 36.8 Å². The molecule has 0 saturated carbocycles. The lowest BCUT2D eigenvalue weighted by molar-refractivity contribution is -0.113. The van der Waals surface area contributed by atoms with Crippen LogP contribution in [-0.4, -0.2) is 52.7 Å². The summed E-state index contributed by atoms with van der Waals surface area (Å²) >= 11 is 1.22. The summed E-state index contributed by atoms with van der Waals surface area (Å²) in [6, 6.07) is 11.2. The molecule has 0 atom stereocenters. The molecule has 2 aromatic carbocycles. The molecule has 31 heavy (non-hydrogen) atoms. The predicted molar refractivity (Wildman–Crippen MR) is 115 cm³/mol. The van der Waals surface area contributed by atoms with Gasteiger partial charge in [-0.3, -0.25) is 9.36 Å². The first kappa shape index (κ1) is 21.3. The van der Waals surface area contributed by atoms with Crippen LogP contribution in [0.4, 0.5) is 20.4 Å². The molecule has 0 unspecified atom stereocenters. The molecule has 10 heteroatoms. The zero-order valence-electron chi connectivity index (χ0n) is 16.8. The summed E-state index contributed by atoms with van der Waals surface area (Å²) < 4.78 is 33.8. The Morgan fingerprint density at radius 3 is 2.68 bits per heavy atom. The number of amides is 1. The van der Waals surface area contributed by atoms with E-state index in [0.29, 0.717) is 37.4 Å². The number of benzene rings is 2. The van der Waals surface area contributed by atoms with Gasteiger partial charge < -0.3 is 15.0 Å². The number of anilines is 2. The van der Waals surface area contributed by atoms with Crippen LogP contribution in [0.2, 0.25) is 0 Å². The Bertz CT molecular complexity index is 1090. The van der Waals surface area contributed by atoms with Crippen molar-refractivity contribution in [1.29, 1.82) is 0 Å². The summed E-state index contributed by atoms with van der Waals surface area (Å²) in [5.74, 6) is -1.61. The zero-order chi connectivity index (χ0) is 21.8. The molecule has 4 rings (SSSR count). The molecule has 7 nitrogen and oxygen atoms in total. The molecule has 0 spiro atoms. The van der Waals surface area contributed by atoms with Crippen molar-refractivity contribution in [3.63, 3.8) is 0 Å². The Kier molecular flexibility index (Phi) is 6.47. The molecular formula is C21H21F2N5O2S. The second-order valence-corrected chi connectivity index (χ2v) is 7.96. The first-order valence-electron chi connectivity index (χ1n) is 9.74. The van der Waals surface area contributed by atoms with Crippen LogP contribution in [0.3, 0.4) is 0 Å². The van der Waals surface area contributed by atoms with Crippen molar-refractivity contribution >= 4 is 29.3 Å². The van der Waals surface area contributed by atoms with E-state index in [9.17, 15) is 13.6 Å². The second-order valence-electron chi connectivity index (χ2n) is 7.02. The Morgan fingerprint density at radius 1 is 1.13 bits per heavy atom. The fourth-order valence-electron chi connectivity index (χ4n) is 3.22. The van der Waals surface area contributed by atoms with Crippen LogP contribution in [-0.2, 0) is 9.53 Å². The summed E-state index contributed by atoms with van der Waals surface area (Å²) in [6.07, 6.45) is 0. The number of nitrogens with zero attached hydrogens (tertiary/aromatic N) is 4. The molecule has 162 valence electrons. The van der Waals surface area contributed by atoms with Gasteiger partial charge in [0.2, 0.25) is 11.9 Å². The van der Waals surface area contributed by atoms with Crippen molar-refractivity contribution in [3.05, 3.63) is 59.7 Å². The average Bonchev–Trinajstić information content (AvgIpc) is 3.19. The quantitative estimate of drug-likeness (QED) is 0.587. The number of hydrogen-bond donors (Lipinski definition) is 1. The van der Waals surface area contributed by atoms with E-state index in [4.69, 9.17) is 4.74 Å². The first-order chi connectivity index (χ1) is 15.0. The highest BCUT2D eigenvalue weighted by Gasteiger charge is 2.22. The van der Waals surface area contributed by atoms with E-state index in [0.717, 1.165) is 23.4 Å². The van der Waals surface area contributed by atoms with Gasteiger partial charge in [0.25, 0.3) is 0 Å². The van der Waals surface area contributed by atoms with Crippen LogP contribution < -0.4 is 10.2 Å². The Hall–Kier alpha value is -2.98. The van der Waals surface area contributed by atoms with Crippen LogP contribution in [0.25, 0.3) is 5.69 Å². The number of aromatic nitrogens is 3. The summed E-state index contributed by atoms with van der Waals surface area (Å²) in [7, 11) is 0. The zero-order valence-corrected chi connectivity index (χ0v) is 17.7. The molecule has 1 N–H and O–H groups in total. The maximum Gasteiger partial charge on any atom is 0.234 e. The summed E-state index contributed by atoms with van der Waals surface area (Å²) in [5.41, 5.74) is 2.18. The SMILES string of the molecule is Cc1cccc(-n2c(SCC(=O)Nc3ccc(F)c(F)c3)nnc2N2CCOCC2)c1. The van der Waals surface area contributed by atoms with Crippen molar-refractivity contribution in [2.45, 2.75) is 12.1 Å². The number of nitrogens with one attached hydrogen (secondary N) is 1. The maximum absolute atomic E-state index is 13.4. The summed E-state index contributed by atoms with van der Waals surface area (Å²) in [4.78, 5) is 14.5. The molecule has 1 amide bonds. The van der Waals surface area contributed by atoms with Crippen LogP contribution in [0.1, 0.15) is 5.56 Å². The molecule has 0 bridgehead atoms. The fraction of sp³-hybridized carbons (Fsp3) is 0.286. The molecule has 0 aliphatic carbocycles. The van der Waals surface area contributed by atoms with Crippen molar-refractivity contribution in [3.8, 4) is 5.69 Å². The minimum absolute atomic E-state index is 0.0338. The van der Waals surface area contributed by atoms with Gasteiger partial charge in [-0.2, -0.15) is 0 Å². The van der Waals surface area contributed by atoms with Gasteiger partial charge in [-0.1, -0.05) is 23.9 Å². The minimum atomic E-state index is -1.01. The third kappa shape index (κ3) is 5.02. The highest BCUT2D eigenvalue weighted by atomic mass is 32.2. The van der Waals surface area contributed by atoms with Crippen LogP contribution in [0, 0.1) is 18.6 Å². The normalized spacial score (nSPS) is 14.0. The van der Waals surface area contributed by atoms with E-state index in [1.54, 1.807) is 0 Å². The van der Waals surface area contributed by atoms with Crippen molar-refractivity contribution in [2.75, 3.05) is 42.3 Å². The van der Waals surface area contributed by atoms with Crippen LogP contribution in [0.15, 0.2) is 47.6 Å². The third-order valence-electron chi connectivity index (χ3n) is 4.71. The van der Waals surface area contributed by atoms with E-state index in [-0.39, 0.29) is 17.3 Å². The number of morpholine rings is 1. The topological polar surface area (TPSA) is 72.3 Å². The number of carbonyl (C=O) groups excluding carboxylic acids is 1. The number of rotatable bonds is 6. The Morgan fingerprint density at radius 2 is 1.94 bits per heavy atom. The van der Waals surface area contributed by atoms with Gasteiger partial charge in [0.15, 0.2) is 16.8 Å². The lowest BCUT2D eigenvalue weighted by Crippen LogP contribution is -2.37. The van der Waals surface area contributed by atoms with Crippen molar-refractivity contribution in [2.24, 2.45) is 0 Å². The number of hydrogen-bond acceptors (Lipinski definition) is 6. The van der Waals surface area contributed by atoms with Gasteiger partial charge >= 0.3 is 0 Å². The number of aryl methyl sites for hydroxylation is 1. The number of ether oxygens (including phenoxy) is 1. The highest BCUT2D eigenvalue weighted by Crippen LogP contribution is 2.28. The third-order valence-corrected chi connectivity index (χ3v) is 5.63. The minimum Gasteiger partial charge on any atom is -0.378 e. The smallest absolute Gasteiger partial charge is 0.234 e. The Balaban J connectivity index is 1.54. The number of halogens is 2. The van der Waals surface area contributed by atoms with E-state index in [1.807, 2.05) is 35.8 Å². The summed E-state index contributed by atoms with van der Waals surface area (Å²) in [5, 5.41) is 11.8. The summed E-state index contributed by atoms with van der Waals surface area (Å²) in [6.45, 7) is 4.63. The Labute approximate surface area is 182 Å². The van der Waals surface area contributed by atoms with Gasteiger partial charge in [-0.25, -0.2) is 8.78 Å². The molecule has 2 heterocycles. The molecule has 0 radical (unpaired) electrons. The van der Waals surface area contributed by atoms with E-state index in [2.05, 4.69) is 20.4 Å². The maximum atomic E-state index is 13.4. The standard InChI is InChI=1S/C21H21F2N5O2S/c1-14-3-2-4-16(11-14)28-20(27-7-9-30-10-8-27)25-26-21(28)31-13-19(29)24-15-5-6-17(22)18(23)12-15/h2-6,11-12H,7-10,13H2,1H3,(H,24,29). The van der Waals surface area contributed by atoms with Crippen molar-refractivity contribution < 1.29 is 18.3 Å². The highest BCUT2D eigenvalue weighted by molar-refractivity contribution is 7.99. The molecule has 1 aromatic heterocycles. The fourth-order valence-corrected chi connectivity index (χ4v) is 3.97. The van der Waals surface area contributed by atoms with E-state index < -0.39 is 11.6 Å². The molecule has 3 aromatic rings. The van der Waals surface area contributed by atoms with Gasteiger partial charge in [0.05, 0.1) is 24.7 Å². The predicted octanol–water partition coefficient (Wildman–Crippen LogP) is 3.42. The monoisotopic (exact) mass is 445 g/mol. The second kappa shape index (κ2) is 9.44. The number of carbonyl (C=O) groups is 1. The number of thioether (sulfide) groups is 1. The molecule has 1 fully saturated rings. The lowest BCUT2D eigenvalue weighted by Gasteiger charge is -2.28. The van der Waals surface area contributed by atoms with Crippen LogP contribution >= 0.6 is 11.8 Å². The van der Waals surface area contributed by atoms with E-state index >= 15 is 0 Å². The largest absolute Gasteiger partial charge is 0.378 e. The average molecular weight is 445 g/mol. The van der Waals surface area contributed by atoms with Gasteiger partial charge in [0.1, 0.15) is 0 Å². The molecule has 1 aliphatic heterocycles. The van der Waals surface area contributed by atoms with Gasteiger partial charge in [-0.15, -0.1) is 10.2 Å². The van der Waals surface area contributed by atoms with E-state index in [1.165, 1.54) is 17.8 Å². The van der Waals surface area contributed by atoms with Crippen molar-refractivity contribution in [1.82, 2.24) is 14.8 Å². The van der Waals surface area contributed by atoms with Gasteiger partial charge in [0, 0.05) is 24.8 Å². The van der Waals surface area contributed by atoms with Crippen LogP contribution in [0.5, 0.6) is 0 Å². The molecule has 1 aliphatic rings. The molecular weight excluding hydrogens is 424 g/mol. The first-order valence-corrected chi connectivity index (χ1v) is 10.7. The molecule has 1 saturated heterocycles. The lowest BCUT2D eigenvalue weighted by atomic mass is 10.2.